The van der Waals surface area contributed by atoms with Crippen molar-refractivity contribution in [3.05, 3.63) is 56.0 Å². The van der Waals surface area contributed by atoms with Crippen molar-refractivity contribution in [2.75, 3.05) is 25.6 Å². The minimum absolute atomic E-state index is 0.136. The van der Waals surface area contributed by atoms with Gasteiger partial charge in [0.25, 0.3) is 5.56 Å². The summed E-state index contributed by atoms with van der Waals surface area (Å²) in [5.74, 6) is -0.188. The lowest BCUT2D eigenvalue weighted by molar-refractivity contribution is -0.130. The number of anilines is 1. The van der Waals surface area contributed by atoms with Gasteiger partial charge in [-0.1, -0.05) is 11.3 Å². The number of aromatic nitrogens is 2. The zero-order valence-electron chi connectivity index (χ0n) is 20.2. The van der Waals surface area contributed by atoms with Crippen LogP contribution in [0, 0.1) is 18.2 Å². The highest BCUT2D eigenvalue weighted by atomic mass is 32.1. The van der Waals surface area contributed by atoms with Crippen LogP contribution in [0.1, 0.15) is 30.5 Å². The first-order valence-electron chi connectivity index (χ1n) is 11.5. The molecule has 3 heterocycles. The maximum Gasteiger partial charge on any atom is 0.332 e. The van der Waals surface area contributed by atoms with Crippen LogP contribution < -0.4 is 21.4 Å². The zero-order chi connectivity index (χ0) is 26.0. The van der Waals surface area contributed by atoms with E-state index in [1.165, 1.54) is 47.4 Å². The fourth-order valence-corrected chi connectivity index (χ4v) is 5.70. The van der Waals surface area contributed by atoms with Gasteiger partial charge in [0.1, 0.15) is 27.4 Å². The number of aryl methyl sites for hydroxylation is 3. The molecule has 0 aliphatic carbocycles. The summed E-state index contributed by atoms with van der Waals surface area (Å²) in [6.45, 7) is 4.70. The molecule has 0 saturated carbocycles. The molecule has 12 heteroatoms. The fraction of sp³-hybridized carbons (Fsp3) is 0.375. The lowest BCUT2D eigenvalue weighted by atomic mass is 10.1. The van der Waals surface area contributed by atoms with Crippen molar-refractivity contribution >= 4 is 44.9 Å². The molecule has 0 radical (unpaired) electrons. The predicted molar refractivity (Wildman–Crippen MR) is 139 cm³/mol. The van der Waals surface area contributed by atoms with Crippen LogP contribution in [0.4, 0.5) is 9.39 Å². The highest BCUT2D eigenvalue weighted by molar-refractivity contribution is 7.22. The number of hydrogen-bond acceptors (Lipinski definition) is 8. The molecule has 3 aromatic rings. The van der Waals surface area contributed by atoms with E-state index in [1.807, 2.05) is 6.92 Å². The van der Waals surface area contributed by atoms with E-state index in [1.54, 1.807) is 11.8 Å². The first-order chi connectivity index (χ1) is 17.3. The van der Waals surface area contributed by atoms with Gasteiger partial charge in [0.2, 0.25) is 5.91 Å². The summed E-state index contributed by atoms with van der Waals surface area (Å²) in [6.07, 6.45) is 2.89. The number of rotatable bonds is 9. The zero-order valence-corrected chi connectivity index (χ0v) is 21.0. The lowest BCUT2D eigenvalue weighted by Gasteiger charge is -2.17. The van der Waals surface area contributed by atoms with Crippen molar-refractivity contribution in [3.8, 4) is 5.75 Å². The van der Waals surface area contributed by atoms with Gasteiger partial charge in [-0.15, -0.1) is 0 Å². The van der Waals surface area contributed by atoms with Gasteiger partial charge in [-0.3, -0.25) is 19.6 Å². The maximum atomic E-state index is 13.9. The van der Waals surface area contributed by atoms with Crippen LogP contribution in [0.25, 0.3) is 10.2 Å². The number of halogens is 1. The first-order valence-corrected chi connectivity index (χ1v) is 12.3. The monoisotopic (exact) mass is 514 g/mol. The Hall–Kier alpha value is -3.80. The number of likely N-dealkylation sites (tertiary alicyclic amines) is 1. The number of likely N-dealkylation sites (N-methyl/N-ethyl adjacent to an activating group) is 1. The molecule has 190 valence electrons. The van der Waals surface area contributed by atoms with Gasteiger partial charge >= 0.3 is 5.69 Å². The second-order valence-corrected chi connectivity index (χ2v) is 9.33. The van der Waals surface area contributed by atoms with Gasteiger partial charge in [0.05, 0.1) is 18.7 Å². The van der Waals surface area contributed by atoms with Crippen LogP contribution >= 0.6 is 11.3 Å². The number of hydrogen-bond donors (Lipinski definition) is 2. The number of thiophene rings is 1. The third kappa shape index (κ3) is 4.43. The van der Waals surface area contributed by atoms with Gasteiger partial charge in [-0.2, -0.15) is 5.10 Å². The Balaban J connectivity index is 1.89. The van der Waals surface area contributed by atoms with Crippen LogP contribution in [-0.2, 0) is 17.8 Å². The number of hydrazone groups is 1. The standard InChI is InChI=1S/C24H27FN6O4S/c1-4-29-11-8-17(21(29)32)31-22(33)19-14(2)20(28-27-10-9-26)36-23(19)30(24(31)34)12-7-15-13-16(25)5-6-18(15)35-3/h5-6,9-10,13,17,26,28H,4,7-8,11-12H2,1-3H3/b26-9?,27-10-. The highest BCUT2D eigenvalue weighted by Gasteiger charge is 2.35. The molecule has 1 atom stereocenters. The number of nitrogens with one attached hydrogen (secondary N) is 2. The minimum Gasteiger partial charge on any atom is -0.496 e. The summed E-state index contributed by atoms with van der Waals surface area (Å²) < 4.78 is 21.8. The van der Waals surface area contributed by atoms with E-state index >= 15 is 0 Å². The molecule has 1 unspecified atom stereocenters. The van der Waals surface area contributed by atoms with E-state index in [0.29, 0.717) is 51.6 Å². The summed E-state index contributed by atoms with van der Waals surface area (Å²) in [4.78, 5) is 42.4. The van der Waals surface area contributed by atoms with E-state index < -0.39 is 23.1 Å². The normalized spacial score (nSPS) is 15.8. The van der Waals surface area contributed by atoms with E-state index in [0.717, 1.165) is 10.8 Å². The average molecular weight is 515 g/mol. The minimum atomic E-state index is -0.879. The Morgan fingerprint density at radius 3 is 2.78 bits per heavy atom. The molecule has 1 aliphatic heterocycles. The summed E-state index contributed by atoms with van der Waals surface area (Å²) in [5.41, 5.74) is 2.87. The number of nitrogens with zero attached hydrogens (tertiary/aromatic N) is 4. The number of benzene rings is 1. The molecule has 1 amide bonds. The molecular weight excluding hydrogens is 487 g/mol. The van der Waals surface area contributed by atoms with Gasteiger partial charge < -0.3 is 15.0 Å². The Bertz CT molecular complexity index is 1470. The van der Waals surface area contributed by atoms with Crippen molar-refractivity contribution in [2.24, 2.45) is 5.10 Å². The smallest absolute Gasteiger partial charge is 0.332 e. The third-order valence-electron chi connectivity index (χ3n) is 6.37. The Labute approximate surface area is 210 Å². The van der Waals surface area contributed by atoms with Crippen LogP contribution in [0.3, 0.4) is 0 Å². The SMILES string of the molecule is CCN1CCC(n2c(=O)c3c(C)c(N/N=C\C=N)sc3n(CCc3cc(F)ccc3OC)c2=O)C1=O. The Morgan fingerprint density at radius 2 is 2.11 bits per heavy atom. The van der Waals surface area contributed by atoms with E-state index in [4.69, 9.17) is 10.1 Å². The van der Waals surface area contributed by atoms with Crippen molar-refractivity contribution in [1.29, 1.82) is 5.41 Å². The van der Waals surface area contributed by atoms with Gasteiger partial charge in [0, 0.05) is 31.4 Å². The maximum absolute atomic E-state index is 13.9. The van der Waals surface area contributed by atoms with E-state index in [9.17, 15) is 18.8 Å². The number of fused-ring (bicyclic) bond motifs is 1. The molecule has 0 spiro atoms. The summed E-state index contributed by atoms with van der Waals surface area (Å²) in [7, 11) is 1.49. The van der Waals surface area contributed by atoms with E-state index in [2.05, 4.69) is 10.5 Å². The number of ether oxygens (including phenoxy) is 1. The molecule has 1 saturated heterocycles. The molecule has 1 fully saturated rings. The number of methoxy groups -OCH3 is 1. The van der Waals surface area contributed by atoms with Gasteiger partial charge in [-0.25, -0.2) is 13.8 Å². The summed E-state index contributed by atoms with van der Waals surface area (Å²) in [6, 6.07) is 3.30. The van der Waals surface area contributed by atoms with Crippen LogP contribution in [0.2, 0.25) is 0 Å². The number of amides is 1. The van der Waals surface area contributed by atoms with Crippen LogP contribution in [0.15, 0.2) is 32.9 Å². The number of carbonyl (C=O) groups is 1. The second kappa shape index (κ2) is 10.4. The largest absolute Gasteiger partial charge is 0.496 e. The lowest BCUT2D eigenvalue weighted by Crippen LogP contribution is -2.44. The van der Waals surface area contributed by atoms with E-state index in [-0.39, 0.29) is 18.9 Å². The Kier molecular flexibility index (Phi) is 7.34. The van der Waals surface area contributed by atoms with Gasteiger partial charge in [-0.05, 0) is 50.5 Å². The summed E-state index contributed by atoms with van der Waals surface area (Å²) >= 11 is 1.18. The quantitative estimate of drug-likeness (QED) is 0.336. The predicted octanol–water partition coefficient (Wildman–Crippen LogP) is 2.76. The number of carbonyl (C=O) groups excluding carboxylic acids is 1. The van der Waals surface area contributed by atoms with Crippen molar-refractivity contribution in [2.45, 2.75) is 39.3 Å². The van der Waals surface area contributed by atoms with Crippen LogP contribution in [0.5, 0.6) is 5.75 Å². The highest BCUT2D eigenvalue weighted by Crippen LogP contribution is 2.33. The second-order valence-electron chi connectivity index (χ2n) is 8.33. The van der Waals surface area contributed by atoms with Gasteiger partial charge in [0.15, 0.2) is 0 Å². The molecule has 2 N–H and O–H groups in total. The topological polar surface area (TPSA) is 122 Å². The molecule has 0 bridgehead atoms. The molecular formula is C24H27FN6O4S. The fourth-order valence-electron chi connectivity index (χ4n) is 4.53. The first kappa shape index (κ1) is 25.3. The molecule has 4 rings (SSSR count). The molecule has 2 aromatic heterocycles. The average Bonchev–Trinajstić information content (AvgIpc) is 3.39. The molecule has 1 aromatic carbocycles. The van der Waals surface area contributed by atoms with Crippen LogP contribution in [-0.4, -0.2) is 52.6 Å². The molecule has 1 aliphatic rings. The third-order valence-corrected chi connectivity index (χ3v) is 7.59. The summed E-state index contributed by atoms with van der Waals surface area (Å²) in [5, 5.41) is 11.9. The van der Waals surface area contributed by atoms with Crippen molar-refractivity contribution < 1.29 is 13.9 Å². The Morgan fingerprint density at radius 1 is 1.33 bits per heavy atom. The van der Waals surface area contributed by atoms with Crippen molar-refractivity contribution in [3.63, 3.8) is 0 Å². The van der Waals surface area contributed by atoms with Crippen molar-refractivity contribution in [1.82, 2.24) is 14.0 Å². The molecule has 36 heavy (non-hydrogen) atoms. The molecule has 10 nitrogen and oxygen atoms in total.